The van der Waals surface area contributed by atoms with Gasteiger partial charge in [-0.2, -0.15) is 11.8 Å². The Balaban J connectivity index is 1.09. The number of thioether (sulfide) groups is 1. The van der Waals surface area contributed by atoms with Gasteiger partial charge in [0.2, 0.25) is 0 Å². The second kappa shape index (κ2) is 11.3. The fourth-order valence-electron chi connectivity index (χ4n) is 6.82. The fraction of sp³-hybridized carbons (Fsp3) is 0.750. The second-order valence-corrected chi connectivity index (χ2v) is 12.0. The first-order valence-corrected chi connectivity index (χ1v) is 14.7. The molecule has 4 atom stereocenters. The molecule has 2 saturated heterocycles. The van der Waals surface area contributed by atoms with E-state index in [1.165, 1.54) is 38.0 Å². The van der Waals surface area contributed by atoms with E-state index in [9.17, 15) is 4.79 Å². The number of amides is 1. The van der Waals surface area contributed by atoms with Crippen LogP contribution in [0.4, 0.5) is 0 Å². The van der Waals surface area contributed by atoms with Crippen molar-refractivity contribution in [1.82, 2.24) is 10.2 Å². The van der Waals surface area contributed by atoms with Gasteiger partial charge in [0.05, 0.1) is 18.8 Å². The summed E-state index contributed by atoms with van der Waals surface area (Å²) in [6.07, 6.45) is 11.2. The van der Waals surface area contributed by atoms with Crippen LogP contribution in [0, 0.1) is 5.92 Å². The number of nitrogens with one attached hydrogen (secondary N) is 1. The van der Waals surface area contributed by atoms with Crippen molar-refractivity contribution in [3.8, 4) is 0 Å². The third kappa shape index (κ3) is 5.21. The highest BCUT2D eigenvalue weighted by atomic mass is 32.2. The predicted octanol–water partition coefficient (Wildman–Crippen LogP) is 4.96. The molecule has 6 heteroatoms. The molecule has 2 aliphatic carbocycles. The van der Waals surface area contributed by atoms with Gasteiger partial charge in [-0.15, -0.1) is 0 Å². The number of hydrogen-bond donors (Lipinski definition) is 1. The molecular formula is C28H42N2O3S. The lowest BCUT2D eigenvalue weighted by Gasteiger charge is -2.50. The number of benzene rings is 1. The number of rotatable bonds is 9. The van der Waals surface area contributed by atoms with Gasteiger partial charge in [-0.05, 0) is 63.4 Å². The van der Waals surface area contributed by atoms with Crippen LogP contribution < -0.4 is 5.32 Å². The number of nitrogens with zero attached hydrogens (tertiary/aromatic N) is 1. The molecule has 4 fully saturated rings. The van der Waals surface area contributed by atoms with Crippen LogP contribution in [0.5, 0.6) is 0 Å². The molecule has 0 bridgehead atoms. The van der Waals surface area contributed by atoms with Crippen LogP contribution in [0.2, 0.25) is 0 Å². The molecule has 5 rings (SSSR count). The zero-order valence-corrected chi connectivity index (χ0v) is 21.6. The maximum Gasteiger partial charge on any atom is 0.255 e. The van der Waals surface area contributed by atoms with Gasteiger partial charge in [0, 0.05) is 36.7 Å². The van der Waals surface area contributed by atoms with Crippen molar-refractivity contribution in [2.75, 3.05) is 32.1 Å². The Morgan fingerprint density at radius 2 is 1.88 bits per heavy atom. The van der Waals surface area contributed by atoms with E-state index in [0.717, 1.165) is 62.1 Å². The fourth-order valence-corrected chi connectivity index (χ4v) is 8.33. The van der Waals surface area contributed by atoms with E-state index in [-0.39, 0.29) is 11.9 Å². The zero-order valence-electron chi connectivity index (χ0n) is 20.8. The summed E-state index contributed by atoms with van der Waals surface area (Å²) in [5.74, 6) is 1.86. The largest absolute Gasteiger partial charge is 0.377 e. The molecule has 5 nitrogen and oxygen atoms in total. The van der Waals surface area contributed by atoms with Crippen LogP contribution in [0.15, 0.2) is 30.3 Å². The van der Waals surface area contributed by atoms with Crippen LogP contribution in [0.1, 0.15) is 76.3 Å². The Kier molecular flexibility index (Phi) is 8.19. The average molecular weight is 487 g/mol. The molecule has 188 valence electrons. The smallest absolute Gasteiger partial charge is 0.255 e. The molecule has 0 spiro atoms. The molecule has 0 aromatic heterocycles. The summed E-state index contributed by atoms with van der Waals surface area (Å²) in [5.41, 5.74) is 0.431. The van der Waals surface area contributed by atoms with Crippen molar-refractivity contribution in [1.29, 1.82) is 0 Å². The molecule has 1 aromatic carbocycles. The van der Waals surface area contributed by atoms with Gasteiger partial charge in [0.1, 0.15) is 0 Å². The Morgan fingerprint density at radius 3 is 2.65 bits per heavy atom. The van der Waals surface area contributed by atoms with Crippen LogP contribution >= 0.6 is 11.8 Å². The van der Waals surface area contributed by atoms with Crippen molar-refractivity contribution >= 4 is 17.7 Å². The van der Waals surface area contributed by atoms with Crippen molar-refractivity contribution in [3.05, 3.63) is 35.9 Å². The van der Waals surface area contributed by atoms with Gasteiger partial charge in [-0.25, -0.2) is 0 Å². The summed E-state index contributed by atoms with van der Waals surface area (Å²) < 4.78 is 12.6. The minimum atomic E-state index is -0.711. The van der Waals surface area contributed by atoms with Crippen LogP contribution in [0.25, 0.3) is 0 Å². The molecule has 2 heterocycles. The van der Waals surface area contributed by atoms with E-state index >= 15 is 0 Å². The highest BCUT2D eigenvalue weighted by molar-refractivity contribution is 8.00. The maximum absolute atomic E-state index is 12.8. The minimum Gasteiger partial charge on any atom is -0.377 e. The lowest BCUT2D eigenvalue weighted by Crippen LogP contribution is -2.68. The minimum absolute atomic E-state index is 0.0403. The SMILES string of the molecule is CCOC1(CC2CCC(OCCN3CCSC4CCCCC43)CC2)C(=O)NC1c1ccccc1. The van der Waals surface area contributed by atoms with Crippen LogP contribution in [-0.4, -0.2) is 65.9 Å². The van der Waals surface area contributed by atoms with E-state index in [4.69, 9.17) is 9.47 Å². The molecule has 34 heavy (non-hydrogen) atoms. The number of carbonyl (C=O) groups excluding carboxylic acids is 1. The van der Waals surface area contributed by atoms with Crippen molar-refractivity contribution in [2.45, 2.75) is 93.7 Å². The van der Waals surface area contributed by atoms with Crippen LogP contribution in [-0.2, 0) is 14.3 Å². The standard InChI is InChI=1S/C28H42N2O3S/c1-2-33-28(26(29-27(28)31)22-8-4-3-5-9-22)20-21-12-14-23(15-13-21)32-18-16-30-17-19-34-25-11-7-6-10-24(25)30/h3-5,8-9,21,23-26H,2,6-7,10-20H2,1H3,(H,29,31). The third-order valence-corrected chi connectivity index (χ3v) is 10.0. The molecule has 4 aliphatic rings. The Labute approximate surface area is 209 Å². The summed E-state index contributed by atoms with van der Waals surface area (Å²) in [4.78, 5) is 15.5. The molecule has 1 N–H and O–H groups in total. The molecule has 2 aliphatic heterocycles. The Morgan fingerprint density at radius 1 is 1.09 bits per heavy atom. The normalized spacial score (nSPS) is 36.4. The first kappa shape index (κ1) is 24.6. The monoisotopic (exact) mass is 486 g/mol. The quantitative estimate of drug-likeness (QED) is 0.500. The summed E-state index contributed by atoms with van der Waals surface area (Å²) in [5, 5.41) is 3.98. The number of carbonyl (C=O) groups is 1. The first-order valence-electron chi connectivity index (χ1n) is 13.7. The molecular weight excluding hydrogens is 444 g/mol. The van der Waals surface area contributed by atoms with E-state index in [1.807, 2.05) is 25.1 Å². The van der Waals surface area contributed by atoms with Gasteiger partial charge < -0.3 is 14.8 Å². The lowest BCUT2D eigenvalue weighted by molar-refractivity contribution is -0.178. The highest BCUT2D eigenvalue weighted by Gasteiger charge is 2.57. The summed E-state index contributed by atoms with van der Waals surface area (Å²) in [6.45, 7) is 5.74. The van der Waals surface area contributed by atoms with Gasteiger partial charge in [0.15, 0.2) is 5.60 Å². The van der Waals surface area contributed by atoms with Gasteiger partial charge in [-0.1, -0.05) is 43.2 Å². The highest BCUT2D eigenvalue weighted by Crippen LogP contribution is 2.45. The van der Waals surface area contributed by atoms with Crippen molar-refractivity contribution in [2.24, 2.45) is 5.92 Å². The van der Waals surface area contributed by atoms with Gasteiger partial charge >= 0.3 is 0 Å². The number of β-lactam (4-membered cyclic amide) rings is 1. The summed E-state index contributed by atoms with van der Waals surface area (Å²) >= 11 is 2.20. The summed E-state index contributed by atoms with van der Waals surface area (Å²) in [6, 6.07) is 11.0. The number of fused-ring (bicyclic) bond motifs is 1. The van der Waals surface area contributed by atoms with Gasteiger partial charge in [0.25, 0.3) is 5.91 Å². The molecule has 4 unspecified atom stereocenters. The first-order chi connectivity index (χ1) is 16.7. The van der Waals surface area contributed by atoms with Crippen molar-refractivity contribution < 1.29 is 14.3 Å². The molecule has 0 radical (unpaired) electrons. The van der Waals surface area contributed by atoms with E-state index < -0.39 is 5.60 Å². The average Bonchev–Trinajstić information content (AvgIpc) is 2.88. The van der Waals surface area contributed by atoms with Gasteiger partial charge in [-0.3, -0.25) is 9.69 Å². The number of ether oxygens (including phenoxy) is 2. The predicted molar refractivity (Wildman–Crippen MR) is 138 cm³/mol. The van der Waals surface area contributed by atoms with Crippen LogP contribution in [0.3, 0.4) is 0 Å². The number of hydrogen-bond acceptors (Lipinski definition) is 5. The second-order valence-electron chi connectivity index (χ2n) is 10.7. The maximum atomic E-state index is 12.8. The summed E-state index contributed by atoms with van der Waals surface area (Å²) in [7, 11) is 0. The topological polar surface area (TPSA) is 50.8 Å². The Hall–Kier alpha value is -1.08. The van der Waals surface area contributed by atoms with E-state index in [0.29, 0.717) is 18.6 Å². The third-order valence-electron chi connectivity index (χ3n) is 8.63. The van der Waals surface area contributed by atoms with E-state index in [1.54, 1.807) is 0 Å². The molecule has 2 saturated carbocycles. The van der Waals surface area contributed by atoms with Crippen molar-refractivity contribution in [3.63, 3.8) is 0 Å². The molecule has 1 aromatic rings. The Bertz CT molecular complexity index is 798. The van der Waals surface area contributed by atoms with E-state index in [2.05, 4.69) is 34.1 Å². The zero-order chi connectivity index (χ0) is 23.4. The lowest BCUT2D eigenvalue weighted by atomic mass is 9.71. The molecule has 1 amide bonds.